The van der Waals surface area contributed by atoms with Crippen LogP contribution in [-0.4, -0.2) is 29.5 Å². The van der Waals surface area contributed by atoms with Crippen molar-refractivity contribution in [2.45, 2.75) is 82.8 Å². The van der Waals surface area contributed by atoms with Crippen LogP contribution in [0.2, 0.25) is 0 Å². The minimum atomic E-state index is -4.47. The molecule has 0 aromatic rings. The second kappa shape index (κ2) is 4.87. The minimum Gasteiger partial charge on any atom is -0.333 e. The zero-order valence-electron chi connectivity index (χ0n) is 14.5. The maximum Gasteiger partial charge on any atom is 0.417 e. The molecule has 24 heavy (non-hydrogen) atoms. The van der Waals surface area contributed by atoms with Crippen LogP contribution in [0.15, 0.2) is 0 Å². The van der Waals surface area contributed by atoms with Gasteiger partial charge in [0.15, 0.2) is 17.5 Å². The summed E-state index contributed by atoms with van der Waals surface area (Å²) in [6, 6.07) is 0. The lowest BCUT2D eigenvalue weighted by atomic mass is 9.55. The molecule has 5 rings (SSSR count). The molecule has 5 aliphatic rings. The summed E-state index contributed by atoms with van der Waals surface area (Å²) >= 11 is 0. The van der Waals surface area contributed by atoms with Crippen molar-refractivity contribution in [2.75, 3.05) is 0 Å². The van der Waals surface area contributed by atoms with Crippen LogP contribution in [0.25, 0.3) is 0 Å². The quantitative estimate of drug-likeness (QED) is 0.614. The van der Waals surface area contributed by atoms with E-state index in [9.17, 15) is 13.2 Å². The number of fused-ring (bicyclic) bond motifs is 2. The maximum atomic E-state index is 13.8. The molecule has 1 saturated carbocycles. The van der Waals surface area contributed by atoms with Gasteiger partial charge >= 0.3 is 6.18 Å². The van der Waals surface area contributed by atoms with Crippen molar-refractivity contribution in [3.05, 3.63) is 0 Å². The number of alkyl halides is 3. The lowest BCUT2D eigenvalue weighted by Gasteiger charge is -2.62. The molecule has 0 amide bonds. The van der Waals surface area contributed by atoms with Crippen molar-refractivity contribution in [1.82, 2.24) is 0 Å². The van der Waals surface area contributed by atoms with Crippen LogP contribution in [0.1, 0.15) is 53.4 Å². The molecule has 4 aliphatic heterocycles. The molecule has 0 unspecified atom stereocenters. The maximum absolute atomic E-state index is 13.8. The Morgan fingerprint density at radius 3 is 2.29 bits per heavy atom. The van der Waals surface area contributed by atoms with Gasteiger partial charge in [0.2, 0.25) is 5.79 Å². The first-order valence-corrected chi connectivity index (χ1v) is 8.83. The lowest BCUT2D eigenvalue weighted by Crippen LogP contribution is -2.74. The summed E-state index contributed by atoms with van der Waals surface area (Å²) in [6.07, 6.45) is -2.57. The van der Waals surface area contributed by atoms with E-state index in [-0.39, 0.29) is 11.8 Å². The molecule has 1 spiro atoms. The predicted molar refractivity (Wildman–Crippen MR) is 77.5 cm³/mol. The second-order valence-corrected chi connectivity index (χ2v) is 8.42. The van der Waals surface area contributed by atoms with E-state index in [1.807, 2.05) is 0 Å². The van der Waals surface area contributed by atoms with Crippen molar-refractivity contribution >= 4 is 0 Å². The average Bonchev–Trinajstić information content (AvgIpc) is 2.70. The molecule has 4 nitrogen and oxygen atoms in total. The predicted octanol–water partition coefficient (Wildman–Crippen LogP) is 4.19. The molecular formula is C17H25F3O4. The molecule has 7 heteroatoms. The molecule has 1 aliphatic carbocycles. The highest BCUT2D eigenvalue weighted by atomic mass is 19.4. The van der Waals surface area contributed by atoms with E-state index in [1.54, 1.807) is 13.8 Å². The summed E-state index contributed by atoms with van der Waals surface area (Å²) in [5.41, 5.74) is -3.19. The molecule has 4 heterocycles. The summed E-state index contributed by atoms with van der Waals surface area (Å²) in [7, 11) is 0. The van der Waals surface area contributed by atoms with Crippen LogP contribution in [0, 0.1) is 23.7 Å². The van der Waals surface area contributed by atoms with Crippen molar-refractivity contribution in [3.8, 4) is 0 Å². The molecule has 5 fully saturated rings. The number of hydrogen-bond acceptors (Lipinski definition) is 4. The van der Waals surface area contributed by atoms with E-state index in [2.05, 4.69) is 6.92 Å². The van der Waals surface area contributed by atoms with E-state index in [1.165, 1.54) is 0 Å². The number of ether oxygens (including phenoxy) is 2. The number of hydrogen-bond donors (Lipinski definition) is 0. The van der Waals surface area contributed by atoms with E-state index >= 15 is 0 Å². The average molecular weight is 350 g/mol. The first-order valence-electron chi connectivity index (χ1n) is 8.83. The van der Waals surface area contributed by atoms with Crippen LogP contribution in [0.4, 0.5) is 13.2 Å². The van der Waals surface area contributed by atoms with Crippen molar-refractivity contribution in [1.29, 1.82) is 0 Å². The topological polar surface area (TPSA) is 36.9 Å². The van der Waals surface area contributed by atoms with E-state index in [0.29, 0.717) is 18.8 Å². The highest BCUT2D eigenvalue weighted by Crippen LogP contribution is 2.63. The Labute approximate surface area is 139 Å². The molecular weight excluding hydrogens is 325 g/mol. The Kier molecular flexibility index (Phi) is 3.46. The van der Waals surface area contributed by atoms with Gasteiger partial charge < -0.3 is 9.47 Å². The molecule has 0 radical (unpaired) electrons. The third-order valence-corrected chi connectivity index (χ3v) is 7.16. The molecule has 0 aromatic heterocycles. The fraction of sp³-hybridized carbons (Fsp3) is 1.00. The molecule has 4 saturated heterocycles. The van der Waals surface area contributed by atoms with Crippen LogP contribution >= 0.6 is 0 Å². The van der Waals surface area contributed by atoms with Gasteiger partial charge in [-0.05, 0) is 50.9 Å². The zero-order valence-corrected chi connectivity index (χ0v) is 14.5. The van der Waals surface area contributed by atoms with Gasteiger partial charge in [0.05, 0.1) is 0 Å². The van der Waals surface area contributed by atoms with Crippen LogP contribution in [0.3, 0.4) is 0 Å². The van der Waals surface area contributed by atoms with Crippen LogP contribution in [-0.2, 0) is 19.2 Å². The first kappa shape index (κ1) is 17.1. The van der Waals surface area contributed by atoms with Crippen molar-refractivity contribution in [2.24, 2.45) is 23.7 Å². The molecule has 138 valence electrons. The van der Waals surface area contributed by atoms with Gasteiger partial charge in [0.1, 0.15) is 0 Å². The standard InChI is InChI=1S/C17H25F3O4/c1-9-5-6-12-10(2)15(4,17(18,19)20)22-13-16(12)11(9)7-8-14(3,21-13)23-24-16/h9-13H,5-8H2,1-4H3/t9-,10-,11+,12+,13+,14+,15-,16-/m1/s1. The Balaban J connectivity index is 1.84. The summed E-state index contributed by atoms with van der Waals surface area (Å²) < 4.78 is 53.1. The van der Waals surface area contributed by atoms with E-state index in [0.717, 1.165) is 19.8 Å². The minimum absolute atomic E-state index is 0.0748. The monoisotopic (exact) mass is 350 g/mol. The second-order valence-electron chi connectivity index (χ2n) is 8.42. The van der Waals surface area contributed by atoms with Gasteiger partial charge in [0, 0.05) is 12.3 Å². The largest absolute Gasteiger partial charge is 0.417 e. The third-order valence-electron chi connectivity index (χ3n) is 7.16. The third kappa shape index (κ3) is 1.95. The first-order chi connectivity index (χ1) is 11.0. The summed E-state index contributed by atoms with van der Waals surface area (Å²) in [5, 5.41) is 0. The molecule has 2 bridgehead atoms. The van der Waals surface area contributed by atoms with Gasteiger partial charge in [-0.25, -0.2) is 9.78 Å². The van der Waals surface area contributed by atoms with Crippen LogP contribution in [0.5, 0.6) is 0 Å². The van der Waals surface area contributed by atoms with Gasteiger partial charge in [-0.3, -0.25) is 0 Å². The number of halogens is 3. The fourth-order valence-electron chi connectivity index (χ4n) is 5.42. The van der Waals surface area contributed by atoms with Gasteiger partial charge in [-0.2, -0.15) is 13.2 Å². The molecule has 8 atom stereocenters. The molecule has 0 N–H and O–H groups in total. The highest BCUT2D eigenvalue weighted by Gasteiger charge is 2.74. The zero-order chi connectivity index (χ0) is 17.5. The summed E-state index contributed by atoms with van der Waals surface area (Å²) in [5.74, 6) is -1.69. The van der Waals surface area contributed by atoms with Gasteiger partial charge in [-0.15, -0.1) is 0 Å². The highest BCUT2D eigenvalue weighted by molar-refractivity contribution is 5.13. The van der Waals surface area contributed by atoms with Crippen molar-refractivity contribution in [3.63, 3.8) is 0 Å². The SMILES string of the molecule is C[C@@H]1CC[C@H]2[C@@H](C)[C@](C)(C(F)(F)F)O[C@@H]3O[C@]4(C)CC[C@@H]1[C@]32OO4. The fourth-order valence-corrected chi connectivity index (χ4v) is 5.42. The summed E-state index contributed by atoms with van der Waals surface area (Å²) in [4.78, 5) is 11.4. The van der Waals surface area contributed by atoms with E-state index in [4.69, 9.17) is 19.2 Å². The summed E-state index contributed by atoms with van der Waals surface area (Å²) in [6.45, 7) is 6.61. The van der Waals surface area contributed by atoms with E-state index < -0.39 is 35.4 Å². The Morgan fingerprint density at radius 1 is 0.917 bits per heavy atom. The van der Waals surface area contributed by atoms with Crippen LogP contribution < -0.4 is 0 Å². The smallest absolute Gasteiger partial charge is 0.333 e. The number of rotatable bonds is 0. The van der Waals surface area contributed by atoms with Gasteiger partial charge in [0.25, 0.3) is 0 Å². The molecule has 0 aromatic carbocycles. The normalized spacial score (nSPS) is 57.4. The lowest BCUT2D eigenvalue weighted by molar-refractivity contribution is -0.582. The Hall–Kier alpha value is -0.370. The van der Waals surface area contributed by atoms with Crippen molar-refractivity contribution < 1.29 is 32.4 Å². The Morgan fingerprint density at radius 2 is 1.62 bits per heavy atom. The Bertz CT molecular complexity index is 540. The van der Waals surface area contributed by atoms with Gasteiger partial charge in [-0.1, -0.05) is 13.8 Å².